The molecule has 1 fully saturated rings. The first-order valence-corrected chi connectivity index (χ1v) is 7.30. The predicted octanol–water partition coefficient (Wildman–Crippen LogP) is 2.73. The van der Waals surface area contributed by atoms with Gasteiger partial charge in [0.1, 0.15) is 0 Å². The molecule has 1 aliphatic carbocycles. The van der Waals surface area contributed by atoms with Crippen LogP contribution in [0.1, 0.15) is 12.0 Å². The first-order valence-electron chi connectivity index (χ1n) is 7.30. The summed E-state index contributed by atoms with van der Waals surface area (Å²) < 4.78 is 24.7. The van der Waals surface area contributed by atoms with E-state index < -0.39 is 12.3 Å². The number of para-hydroxylation sites is 1. The van der Waals surface area contributed by atoms with Crippen LogP contribution in [0.3, 0.4) is 0 Å². The summed E-state index contributed by atoms with van der Waals surface area (Å²) in [6.45, 7) is 0.450. The van der Waals surface area contributed by atoms with Gasteiger partial charge in [0.05, 0.1) is 5.52 Å². The molecule has 0 unspecified atom stereocenters. The molecule has 4 nitrogen and oxygen atoms in total. The molecule has 0 spiro atoms. The second-order valence-corrected chi connectivity index (χ2v) is 5.48. The number of amides is 2. The van der Waals surface area contributed by atoms with E-state index in [1.807, 2.05) is 30.3 Å². The molecule has 2 aromatic rings. The molecule has 1 saturated carbocycles. The number of nitrogens with zero attached hydrogens (tertiary/aromatic N) is 1. The molecule has 0 saturated heterocycles. The van der Waals surface area contributed by atoms with Crippen LogP contribution >= 0.6 is 0 Å². The molecule has 0 radical (unpaired) electrons. The normalized spacial score (nSPS) is 20.1. The number of carbonyl (C=O) groups excluding carboxylic acids is 1. The van der Waals surface area contributed by atoms with E-state index in [2.05, 4.69) is 15.6 Å². The monoisotopic (exact) mass is 305 g/mol. The highest BCUT2D eigenvalue weighted by Gasteiger charge is 2.45. The Labute approximate surface area is 126 Å². The van der Waals surface area contributed by atoms with Gasteiger partial charge in [-0.2, -0.15) is 0 Å². The van der Waals surface area contributed by atoms with Gasteiger partial charge in [0, 0.05) is 30.1 Å². The van der Waals surface area contributed by atoms with Gasteiger partial charge in [0.15, 0.2) is 0 Å². The zero-order valence-electron chi connectivity index (χ0n) is 11.9. The lowest BCUT2D eigenvalue weighted by molar-refractivity contribution is 0.119. The molecule has 2 N–H and O–H groups in total. The van der Waals surface area contributed by atoms with Gasteiger partial charge in [0.25, 0.3) is 0 Å². The fourth-order valence-corrected chi connectivity index (χ4v) is 2.56. The van der Waals surface area contributed by atoms with E-state index >= 15 is 0 Å². The van der Waals surface area contributed by atoms with Gasteiger partial charge >= 0.3 is 6.03 Å². The van der Waals surface area contributed by atoms with Crippen LogP contribution in [0.25, 0.3) is 10.9 Å². The van der Waals surface area contributed by atoms with Crippen LogP contribution in [0.2, 0.25) is 0 Å². The SMILES string of the molecule is O=C(NCCc1ccnc2ccccc12)N[C@H]1C[C@H]1C(F)F. The van der Waals surface area contributed by atoms with Gasteiger partial charge < -0.3 is 10.6 Å². The Balaban J connectivity index is 1.49. The largest absolute Gasteiger partial charge is 0.338 e. The zero-order valence-corrected chi connectivity index (χ0v) is 11.9. The summed E-state index contributed by atoms with van der Waals surface area (Å²) in [6, 6.07) is 8.97. The Morgan fingerprint density at radius 2 is 2.14 bits per heavy atom. The summed E-state index contributed by atoms with van der Waals surface area (Å²) >= 11 is 0. The van der Waals surface area contributed by atoms with E-state index in [0.717, 1.165) is 16.5 Å². The minimum absolute atomic E-state index is 0.361. The summed E-state index contributed by atoms with van der Waals surface area (Å²) in [5, 5.41) is 6.34. The average molecular weight is 305 g/mol. The molecule has 1 heterocycles. The number of benzene rings is 1. The molecule has 6 heteroatoms. The summed E-state index contributed by atoms with van der Waals surface area (Å²) in [7, 11) is 0. The Morgan fingerprint density at radius 1 is 1.32 bits per heavy atom. The van der Waals surface area contributed by atoms with E-state index in [0.29, 0.717) is 19.4 Å². The van der Waals surface area contributed by atoms with Crippen molar-refractivity contribution in [2.75, 3.05) is 6.54 Å². The van der Waals surface area contributed by atoms with Crippen LogP contribution in [0.5, 0.6) is 0 Å². The first kappa shape index (κ1) is 14.7. The van der Waals surface area contributed by atoms with Gasteiger partial charge in [-0.05, 0) is 30.5 Å². The quantitative estimate of drug-likeness (QED) is 0.892. The third-order valence-corrected chi connectivity index (χ3v) is 3.90. The van der Waals surface area contributed by atoms with Crippen LogP contribution in [-0.2, 0) is 6.42 Å². The van der Waals surface area contributed by atoms with Gasteiger partial charge in [-0.25, -0.2) is 13.6 Å². The minimum atomic E-state index is -2.35. The number of rotatable bonds is 5. The standard InChI is InChI=1S/C16H17F2N3O/c17-15(18)12-9-14(12)21-16(22)20-8-6-10-5-7-19-13-4-2-1-3-11(10)13/h1-5,7,12,14-15H,6,8-9H2,(H2,20,21,22)/t12-,14+/m1/s1. The van der Waals surface area contributed by atoms with Gasteiger partial charge in [-0.1, -0.05) is 18.2 Å². The number of aromatic nitrogens is 1. The number of nitrogens with one attached hydrogen (secondary N) is 2. The Morgan fingerprint density at radius 3 is 2.91 bits per heavy atom. The fourth-order valence-electron chi connectivity index (χ4n) is 2.56. The summed E-state index contributed by atoms with van der Waals surface area (Å²) in [6.07, 6.45) is 0.419. The van der Waals surface area contributed by atoms with Gasteiger partial charge in [0.2, 0.25) is 6.43 Å². The number of hydrogen-bond acceptors (Lipinski definition) is 2. The van der Waals surface area contributed by atoms with Crippen molar-refractivity contribution in [2.45, 2.75) is 25.3 Å². The van der Waals surface area contributed by atoms with Crippen molar-refractivity contribution in [3.05, 3.63) is 42.1 Å². The van der Waals surface area contributed by atoms with Gasteiger partial charge in [-0.3, -0.25) is 4.98 Å². The van der Waals surface area contributed by atoms with Crippen molar-refractivity contribution >= 4 is 16.9 Å². The predicted molar refractivity (Wildman–Crippen MR) is 79.9 cm³/mol. The highest BCUT2D eigenvalue weighted by atomic mass is 19.3. The first-order chi connectivity index (χ1) is 10.6. The summed E-state index contributed by atoms with van der Waals surface area (Å²) in [4.78, 5) is 15.9. The highest BCUT2D eigenvalue weighted by molar-refractivity contribution is 5.82. The van der Waals surface area contributed by atoms with Crippen LogP contribution in [-0.4, -0.2) is 30.0 Å². The Bertz CT molecular complexity index is 672. The van der Waals surface area contributed by atoms with Crippen LogP contribution in [0.15, 0.2) is 36.5 Å². The van der Waals surface area contributed by atoms with E-state index in [1.165, 1.54) is 0 Å². The maximum atomic E-state index is 12.4. The topological polar surface area (TPSA) is 54.0 Å². The molecule has 0 aliphatic heterocycles. The maximum absolute atomic E-state index is 12.4. The molecular weight excluding hydrogens is 288 g/mol. The molecule has 2 amide bonds. The molecule has 3 rings (SSSR count). The van der Waals surface area contributed by atoms with E-state index in [9.17, 15) is 13.6 Å². The number of halogens is 2. The van der Waals surface area contributed by atoms with E-state index in [1.54, 1.807) is 6.20 Å². The lowest BCUT2D eigenvalue weighted by Gasteiger charge is -2.09. The van der Waals surface area contributed by atoms with E-state index in [-0.39, 0.29) is 12.1 Å². The number of hydrogen-bond donors (Lipinski definition) is 2. The maximum Gasteiger partial charge on any atom is 0.315 e. The lowest BCUT2D eigenvalue weighted by Crippen LogP contribution is -2.38. The fraction of sp³-hybridized carbons (Fsp3) is 0.375. The molecule has 116 valence electrons. The number of carbonyl (C=O) groups is 1. The van der Waals surface area contributed by atoms with Crippen molar-refractivity contribution in [3.8, 4) is 0 Å². The van der Waals surface area contributed by atoms with Crippen molar-refractivity contribution in [2.24, 2.45) is 5.92 Å². The Kier molecular flexibility index (Phi) is 4.18. The second kappa shape index (κ2) is 6.25. The van der Waals surface area contributed by atoms with Crippen molar-refractivity contribution in [1.82, 2.24) is 15.6 Å². The Hall–Kier alpha value is -2.24. The lowest BCUT2D eigenvalue weighted by atomic mass is 10.1. The number of alkyl halides is 2. The van der Waals surface area contributed by atoms with Crippen molar-refractivity contribution in [3.63, 3.8) is 0 Å². The minimum Gasteiger partial charge on any atom is -0.338 e. The number of urea groups is 1. The van der Waals surface area contributed by atoms with Crippen LogP contribution in [0, 0.1) is 5.92 Å². The third-order valence-electron chi connectivity index (χ3n) is 3.90. The van der Waals surface area contributed by atoms with E-state index in [4.69, 9.17) is 0 Å². The molecule has 1 aromatic heterocycles. The second-order valence-electron chi connectivity index (χ2n) is 5.48. The number of pyridine rings is 1. The molecule has 1 aromatic carbocycles. The highest BCUT2D eigenvalue weighted by Crippen LogP contribution is 2.35. The summed E-state index contributed by atoms with van der Waals surface area (Å²) in [5.41, 5.74) is 2.02. The molecular formula is C16H17F2N3O. The number of fused-ring (bicyclic) bond motifs is 1. The van der Waals surface area contributed by atoms with Gasteiger partial charge in [-0.15, -0.1) is 0 Å². The van der Waals surface area contributed by atoms with Crippen LogP contribution in [0.4, 0.5) is 13.6 Å². The third kappa shape index (κ3) is 3.32. The molecule has 0 bridgehead atoms. The van der Waals surface area contributed by atoms with Crippen molar-refractivity contribution in [1.29, 1.82) is 0 Å². The molecule has 1 aliphatic rings. The van der Waals surface area contributed by atoms with Crippen LogP contribution < -0.4 is 10.6 Å². The molecule has 22 heavy (non-hydrogen) atoms. The molecule has 2 atom stereocenters. The zero-order chi connectivity index (χ0) is 15.5. The average Bonchev–Trinajstić information content (AvgIpc) is 3.27. The van der Waals surface area contributed by atoms with Crippen molar-refractivity contribution < 1.29 is 13.6 Å². The smallest absolute Gasteiger partial charge is 0.315 e. The summed E-state index contributed by atoms with van der Waals surface area (Å²) in [5.74, 6) is -0.685.